The predicted octanol–water partition coefficient (Wildman–Crippen LogP) is 5.26. The minimum atomic E-state index is -0.450. The number of nitrogens with one attached hydrogen (secondary N) is 2. The number of carbonyl (C=O) groups is 1. The largest absolute Gasteiger partial charge is 0.490 e. The summed E-state index contributed by atoms with van der Waals surface area (Å²) in [5.41, 5.74) is 4.79. The Morgan fingerprint density at radius 1 is 0.967 bits per heavy atom. The van der Waals surface area contributed by atoms with Gasteiger partial charge in [-0.1, -0.05) is 48.0 Å². The summed E-state index contributed by atoms with van der Waals surface area (Å²) in [4.78, 5) is 11.9. The molecule has 0 aliphatic heterocycles. The normalized spacial score (nSPS) is 10.6. The number of anilines is 1. The molecule has 7 heteroatoms. The van der Waals surface area contributed by atoms with Gasteiger partial charge in [0.15, 0.2) is 0 Å². The second-order valence-corrected chi connectivity index (χ2v) is 6.77. The van der Waals surface area contributed by atoms with Crippen molar-refractivity contribution in [2.24, 2.45) is 5.10 Å². The van der Waals surface area contributed by atoms with Crippen LogP contribution in [0.2, 0.25) is 5.02 Å². The first-order valence-corrected chi connectivity index (χ1v) is 9.75. The number of hydrogen-bond donors (Lipinski definition) is 2. The third kappa shape index (κ3) is 6.53. The van der Waals surface area contributed by atoms with Crippen molar-refractivity contribution in [1.29, 1.82) is 0 Å². The topological polar surface area (TPSA) is 72.0 Å². The van der Waals surface area contributed by atoms with Crippen LogP contribution < -0.4 is 20.2 Å². The van der Waals surface area contributed by atoms with Crippen LogP contribution in [0.5, 0.6) is 11.5 Å². The number of carbonyl (C=O) groups excluding carboxylic acids is 1. The number of ether oxygens (including phenoxy) is 2. The van der Waals surface area contributed by atoms with E-state index in [0.29, 0.717) is 35.2 Å². The van der Waals surface area contributed by atoms with Crippen LogP contribution in [-0.2, 0) is 0 Å². The molecule has 0 heterocycles. The van der Waals surface area contributed by atoms with Gasteiger partial charge in [0.25, 0.3) is 0 Å². The Morgan fingerprint density at radius 3 is 2.43 bits per heavy atom. The van der Waals surface area contributed by atoms with Crippen molar-refractivity contribution < 1.29 is 14.3 Å². The van der Waals surface area contributed by atoms with Crippen molar-refractivity contribution in [2.75, 3.05) is 18.5 Å². The summed E-state index contributed by atoms with van der Waals surface area (Å²) >= 11 is 6.08. The lowest BCUT2D eigenvalue weighted by molar-refractivity contribution is 0.216. The SMILES string of the molecule is Cc1ccccc1OCCOc1ccc(Cl)cc1C=NNC(=O)Nc1ccccc1. The highest BCUT2D eigenvalue weighted by Crippen LogP contribution is 2.22. The number of benzene rings is 3. The second kappa shape index (κ2) is 10.9. The molecule has 3 aromatic carbocycles. The fourth-order valence-electron chi connectivity index (χ4n) is 2.61. The first-order valence-electron chi connectivity index (χ1n) is 9.38. The Kier molecular flexibility index (Phi) is 7.69. The van der Waals surface area contributed by atoms with Crippen LogP contribution in [0.15, 0.2) is 77.9 Å². The molecule has 3 aromatic rings. The first-order chi connectivity index (χ1) is 14.6. The van der Waals surface area contributed by atoms with Crippen LogP contribution in [-0.4, -0.2) is 25.5 Å². The van der Waals surface area contributed by atoms with Gasteiger partial charge in [-0.05, 0) is 48.9 Å². The average Bonchev–Trinajstić information content (AvgIpc) is 2.74. The molecule has 0 bridgehead atoms. The van der Waals surface area contributed by atoms with E-state index in [0.717, 1.165) is 11.3 Å². The molecule has 0 aromatic heterocycles. The lowest BCUT2D eigenvalue weighted by atomic mass is 10.2. The van der Waals surface area contributed by atoms with Crippen LogP contribution in [0.1, 0.15) is 11.1 Å². The number of hydrazone groups is 1. The number of halogens is 1. The molecule has 0 spiro atoms. The zero-order chi connectivity index (χ0) is 21.2. The van der Waals surface area contributed by atoms with Crippen molar-refractivity contribution in [2.45, 2.75) is 6.92 Å². The number of nitrogens with zero attached hydrogens (tertiary/aromatic N) is 1. The number of rotatable bonds is 8. The highest BCUT2D eigenvalue weighted by Gasteiger charge is 2.05. The maximum Gasteiger partial charge on any atom is 0.339 e. The molecular weight excluding hydrogens is 402 g/mol. The van der Waals surface area contributed by atoms with Crippen LogP contribution in [0.4, 0.5) is 10.5 Å². The number of urea groups is 1. The van der Waals surface area contributed by atoms with E-state index in [4.69, 9.17) is 21.1 Å². The number of para-hydroxylation sites is 2. The van der Waals surface area contributed by atoms with Crippen molar-refractivity contribution >= 4 is 29.5 Å². The average molecular weight is 424 g/mol. The van der Waals surface area contributed by atoms with Gasteiger partial charge >= 0.3 is 6.03 Å². The molecule has 2 amide bonds. The zero-order valence-electron chi connectivity index (χ0n) is 16.5. The van der Waals surface area contributed by atoms with E-state index in [1.807, 2.05) is 49.4 Å². The van der Waals surface area contributed by atoms with Crippen LogP contribution in [0, 0.1) is 6.92 Å². The van der Waals surface area contributed by atoms with Crippen molar-refractivity contribution in [3.8, 4) is 11.5 Å². The van der Waals surface area contributed by atoms with Gasteiger partial charge in [-0.25, -0.2) is 10.2 Å². The van der Waals surface area contributed by atoms with E-state index in [-0.39, 0.29) is 0 Å². The summed E-state index contributed by atoms with van der Waals surface area (Å²) < 4.78 is 11.5. The van der Waals surface area contributed by atoms with Crippen LogP contribution in [0.3, 0.4) is 0 Å². The lowest BCUT2D eigenvalue weighted by Crippen LogP contribution is -2.24. The van der Waals surface area contributed by atoms with Gasteiger partial charge in [0.1, 0.15) is 24.7 Å². The Bertz CT molecular complexity index is 1010. The monoisotopic (exact) mass is 423 g/mol. The van der Waals surface area contributed by atoms with Gasteiger partial charge < -0.3 is 14.8 Å². The Hall–Kier alpha value is -3.51. The molecule has 2 N–H and O–H groups in total. The number of hydrogen-bond acceptors (Lipinski definition) is 4. The van der Waals surface area contributed by atoms with Gasteiger partial charge in [0.2, 0.25) is 0 Å². The number of aryl methyl sites for hydroxylation is 1. The van der Waals surface area contributed by atoms with Gasteiger partial charge in [-0.2, -0.15) is 5.10 Å². The lowest BCUT2D eigenvalue weighted by Gasteiger charge is -2.12. The fraction of sp³-hybridized carbons (Fsp3) is 0.130. The smallest absolute Gasteiger partial charge is 0.339 e. The summed E-state index contributed by atoms with van der Waals surface area (Å²) in [5.74, 6) is 1.41. The van der Waals surface area contributed by atoms with Crippen molar-refractivity contribution in [3.05, 3.63) is 88.9 Å². The molecule has 0 fully saturated rings. The summed E-state index contributed by atoms with van der Waals surface area (Å²) in [7, 11) is 0. The minimum Gasteiger partial charge on any atom is -0.490 e. The molecule has 30 heavy (non-hydrogen) atoms. The molecule has 0 radical (unpaired) electrons. The van der Waals surface area contributed by atoms with Crippen molar-refractivity contribution in [1.82, 2.24) is 5.43 Å². The van der Waals surface area contributed by atoms with E-state index >= 15 is 0 Å². The third-order valence-corrected chi connectivity index (χ3v) is 4.30. The van der Waals surface area contributed by atoms with Crippen molar-refractivity contribution in [3.63, 3.8) is 0 Å². The predicted molar refractivity (Wildman–Crippen MR) is 120 cm³/mol. The Labute approximate surface area is 180 Å². The summed E-state index contributed by atoms with van der Waals surface area (Å²) in [6.07, 6.45) is 1.48. The molecule has 3 rings (SSSR count). The highest BCUT2D eigenvalue weighted by atomic mass is 35.5. The second-order valence-electron chi connectivity index (χ2n) is 6.33. The molecular formula is C23H22ClN3O3. The molecule has 0 aliphatic rings. The standard InChI is InChI=1S/C23H22ClN3O3/c1-17-7-5-6-10-21(17)29-13-14-30-22-12-11-19(24)15-18(22)16-25-27-23(28)26-20-8-3-2-4-9-20/h2-12,15-16H,13-14H2,1H3,(H2,26,27,28). The Balaban J connectivity index is 1.53. The van der Waals surface area contributed by atoms with Gasteiger partial charge in [-0.3, -0.25) is 0 Å². The summed E-state index contributed by atoms with van der Waals surface area (Å²) in [6.45, 7) is 2.73. The summed E-state index contributed by atoms with van der Waals surface area (Å²) in [5, 5.41) is 7.18. The third-order valence-electron chi connectivity index (χ3n) is 4.07. The first kappa shape index (κ1) is 21.2. The van der Waals surface area contributed by atoms with E-state index in [1.165, 1.54) is 6.21 Å². The molecule has 0 aliphatic carbocycles. The highest BCUT2D eigenvalue weighted by molar-refractivity contribution is 6.30. The quantitative estimate of drug-likeness (QED) is 0.295. The molecule has 154 valence electrons. The van der Waals surface area contributed by atoms with E-state index in [2.05, 4.69) is 15.8 Å². The fourth-order valence-corrected chi connectivity index (χ4v) is 2.79. The zero-order valence-corrected chi connectivity index (χ0v) is 17.2. The minimum absolute atomic E-state index is 0.346. The van der Waals surface area contributed by atoms with Crippen LogP contribution in [0.25, 0.3) is 0 Å². The molecule has 0 atom stereocenters. The summed E-state index contributed by atoms with van der Waals surface area (Å²) in [6, 6.07) is 21.6. The van der Waals surface area contributed by atoms with Gasteiger partial charge in [0, 0.05) is 16.3 Å². The maximum absolute atomic E-state index is 11.9. The molecule has 6 nitrogen and oxygen atoms in total. The van der Waals surface area contributed by atoms with Gasteiger partial charge in [-0.15, -0.1) is 0 Å². The van der Waals surface area contributed by atoms with E-state index in [9.17, 15) is 4.79 Å². The van der Waals surface area contributed by atoms with Crippen LogP contribution >= 0.6 is 11.6 Å². The van der Waals surface area contributed by atoms with E-state index in [1.54, 1.807) is 30.3 Å². The van der Waals surface area contributed by atoms with Gasteiger partial charge in [0.05, 0.1) is 6.21 Å². The molecule has 0 unspecified atom stereocenters. The number of amides is 2. The maximum atomic E-state index is 11.9. The Morgan fingerprint density at radius 2 is 1.67 bits per heavy atom. The molecule has 0 saturated carbocycles. The molecule has 0 saturated heterocycles. The van der Waals surface area contributed by atoms with E-state index < -0.39 is 6.03 Å².